The third-order valence-corrected chi connectivity index (χ3v) is 12.1. The highest BCUT2D eigenvalue weighted by atomic mass is 16.3. The van der Waals surface area contributed by atoms with E-state index in [1.54, 1.807) is 0 Å². The molecular weight excluding hydrogens is 741 g/mol. The quantitative estimate of drug-likeness (QED) is 0.158. The largest absolute Gasteiger partial charge is 0.456 e. The number of fused-ring (bicyclic) bond motifs is 9. The standard InChI is InChI=1S/C58H36N2O/c1-3-13-37(14-4-1)43-31-44(42-28-30-57-53(35-42)51-21-11-12-22-56(51)61-57)33-45(32-43)55-36-54(39-15-5-2-6-16-39)59-58(60-55)40-25-23-38(24-26-40)41-27-29-50-48-19-8-7-17-46(48)47-18-9-10-20-49(47)52(50)34-41/h1-36H. The average Bonchev–Trinajstić information content (AvgIpc) is 3.72. The molecule has 0 aliphatic carbocycles. The van der Waals surface area contributed by atoms with E-state index in [4.69, 9.17) is 14.4 Å². The van der Waals surface area contributed by atoms with E-state index in [-0.39, 0.29) is 0 Å². The highest BCUT2D eigenvalue weighted by Gasteiger charge is 2.16. The van der Waals surface area contributed by atoms with E-state index in [0.717, 1.165) is 77.8 Å². The van der Waals surface area contributed by atoms with Gasteiger partial charge in [0.05, 0.1) is 11.4 Å². The number of hydrogen-bond acceptors (Lipinski definition) is 3. The Morgan fingerprint density at radius 1 is 0.230 bits per heavy atom. The molecule has 61 heavy (non-hydrogen) atoms. The molecule has 3 nitrogen and oxygen atoms in total. The first-order chi connectivity index (χ1) is 30.2. The zero-order valence-electron chi connectivity index (χ0n) is 33.1. The predicted octanol–water partition coefficient (Wildman–Crippen LogP) is 15.8. The fourth-order valence-corrected chi connectivity index (χ4v) is 9.03. The topological polar surface area (TPSA) is 38.9 Å². The molecule has 2 aromatic heterocycles. The summed E-state index contributed by atoms with van der Waals surface area (Å²) in [5.74, 6) is 0.678. The van der Waals surface area contributed by atoms with Gasteiger partial charge in [0.25, 0.3) is 0 Å². The molecule has 10 aromatic carbocycles. The Morgan fingerprint density at radius 2 is 0.656 bits per heavy atom. The van der Waals surface area contributed by atoms with Gasteiger partial charge in [-0.3, -0.25) is 0 Å². The van der Waals surface area contributed by atoms with E-state index in [1.165, 1.54) is 37.9 Å². The summed E-state index contributed by atoms with van der Waals surface area (Å²) in [6.45, 7) is 0. The first kappa shape index (κ1) is 34.9. The molecule has 2 heterocycles. The van der Waals surface area contributed by atoms with Crippen molar-refractivity contribution < 1.29 is 4.42 Å². The summed E-state index contributed by atoms with van der Waals surface area (Å²) in [4.78, 5) is 10.5. The molecule has 0 saturated heterocycles. The lowest BCUT2D eigenvalue weighted by Crippen LogP contribution is -1.96. The number of hydrogen-bond donors (Lipinski definition) is 0. The SMILES string of the molecule is c1ccc(-c2cc(-c3ccc4oc5ccccc5c4c3)cc(-c3cc(-c4ccccc4)nc(-c4ccc(-c5ccc6c7ccccc7c7ccccc7c6c5)cc4)n3)c2)cc1. The lowest BCUT2D eigenvalue weighted by molar-refractivity contribution is 0.669. The molecule has 0 aliphatic heterocycles. The van der Waals surface area contributed by atoms with Gasteiger partial charge >= 0.3 is 0 Å². The van der Waals surface area contributed by atoms with E-state index in [0.29, 0.717) is 5.82 Å². The second-order valence-electron chi connectivity index (χ2n) is 15.7. The van der Waals surface area contributed by atoms with Gasteiger partial charge in [-0.15, -0.1) is 0 Å². The molecule has 3 heteroatoms. The van der Waals surface area contributed by atoms with Crippen molar-refractivity contribution in [2.24, 2.45) is 0 Å². The minimum Gasteiger partial charge on any atom is -0.456 e. The maximum Gasteiger partial charge on any atom is 0.160 e. The fraction of sp³-hybridized carbons (Fsp3) is 0. The molecule has 0 fully saturated rings. The molecular formula is C58H36N2O. The Hall–Kier alpha value is -8.14. The number of rotatable bonds is 6. The Kier molecular flexibility index (Phi) is 8.17. The van der Waals surface area contributed by atoms with Crippen LogP contribution in [0.4, 0.5) is 0 Å². The molecule has 0 radical (unpaired) electrons. The van der Waals surface area contributed by atoms with Gasteiger partial charge in [-0.2, -0.15) is 0 Å². The third kappa shape index (κ3) is 6.14. The number of furan rings is 1. The molecule has 0 saturated carbocycles. The van der Waals surface area contributed by atoms with Crippen molar-refractivity contribution in [1.29, 1.82) is 0 Å². The molecule has 0 atom stereocenters. The van der Waals surface area contributed by atoms with Gasteiger partial charge in [-0.1, -0.05) is 170 Å². The van der Waals surface area contributed by atoms with Crippen LogP contribution in [0.1, 0.15) is 0 Å². The lowest BCUT2D eigenvalue weighted by atomic mass is 9.92. The molecule has 0 aliphatic rings. The maximum absolute atomic E-state index is 6.20. The van der Waals surface area contributed by atoms with Crippen molar-refractivity contribution in [2.75, 3.05) is 0 Å². The molecule has 0 spiro atoms. The van der Waals surface area contributed by atoms with E-state index in [2.05, 4.69) is 200 Å². The first-order valence-electron chi connectivity index (χ1n) is 20.7. The average molecular weight is 777 g/mol. The van der Waals surface area contributed by atoms with Crippen molar-refractivity contribution in [1.82, 2.24) is 9.97 Å². The lowest BCUT2D eigenvalue weighted by Gasteiger charge is -2.14. The van der Waals surface area contributed by atoms with E-state index in [1.807, 2.05) is 18.2 Å². The van der Waals surface area contributed by atoms with Gasteiger partial charge < -0.3 is 4.42 Å². The van der Waals surface area contributed by atoms with Gasteiger partial charge in [0, 0.05) is 27.5 Å². The summed E-state index contributed by atoms with van der Waals surface area (Å²) in [6, 6.07) is 77.6. The zero-order chi connectivity index (χ0) is 40.3. The smallest absolute Gasteiger partial charge is 0.160 e. The van der Waals surface area contributed by atoms with Gasteiger partial charge in [-0.25, -0.2) is 9.97 Å². The van der Waals surface area contributed by atoms with Crippen molar-refractivity contribution in [3.8, 4) is 67.3 Å². The van der Waals surface area contributed by atoms with Crippen LogP contribution < -0.4 is 0 Å². The summed E-state index contributed by atoms with van der Waals surface area (Å²) in [6.07, 6.45) is 0. The predicted molar refractivity (Wildman–Crippen MR) is 254 cm³/mol. The Balaban J connectivity index is 0.988. The Morgan fingerprint density at radius 3 is 1.34 bits per heavy atom. The second-order valence-corrected chi connectivity index (χ2v) is 15.7. The fourth-order valence-electron chi connectivity index (χ4n) is 9.03. The normalized spacial score (nSPS) is 11.6. The minimum absolute atomic E-state index is 0.678. The number of nitrogens with zero attached hydrogens (tertiary/aromatic N) is 2. The summed E-state index contributed by atoms with van der Waals surface area (Å²) in [5.41, 5.74) is 13.3. The van der Waals surface area contributed by atoms with Gasteiger partial charge in [0.15, 0.2) is 5.82 Å². The molecule has 0 N–H and O–H groups in total. The summed E-state index contributed by atoms with van der Waals surface area (Å²) < 4.78 is 6.20. The van der Waals surface area contributed by atoms with Crippen molar-refractivity contribution >= 4 is 54.3 Å². The van der Waals surface area contributed by atoms with Crippen LogP contribution in [0.2, 0.25) is 0 Å². The Bertz CT molecular complexity index is 3590. The number of benzene rings is 10. The maximum atomic E-state index is 6.20. The van der Waals surface area contributed by atoms with Crippen LogP contribution in [0.3, 0.4) is 0 Å². The highest BCUT2D eigenvalue weighted by Crippen LogP contribution is 2.39. The van der Waals surface area contributed by atoms with Gasteiger partial charge in [0.2, 0.25) is 0 Å². The van der Waals surface area contributed by atoms with Gasteiger partial charge in [-0.05, 0) is 114 Å². The second kappa shape index (κ2) is 14.3. The molecule has 0 unspecified atom stereocenters. The van der Waals surface area contributed by atoms with Crippen LogP contribution in [0.15, 0.2) is 223 Å². The van der Waals surface area contributed by atoms with Crippen molar-refractivity contribution in [3.05, 3.63) is 218 Å². The molecule has 0 amide bonds. The number of aromatic nitrogens is 2. The molecule has 12 rings (SSSR count). The Labute approximate surface area is 352 Å². The molecule has 284 valence electrons. The van der Waals surface area contributed by atoms with Crippen molar-refractivity contribution in [3.63, 3.8) is 0 Å². The highest BCUT2D eigenvalue weighted by molar-refractivity contribution is 6.25. The first-order valence-corrected chi connectivity index (χ1v) is 20.7. The van der Waals surface area contributed by atoms with E-state index < -0.39 is 0 Å². The van der Waals surface area contributed by atoms with Crippen LogP contribution in [-0.4, -0.2) is 9.97 Å². The summed E-state index contributed by atoms with van der Waals surface area (Å²) in [5, 5.41) is 9.84. The summed E-state index contributed by atoms with van der Waals surface area (Å²) in [7, 11) is 0. The monoisotopic (exact) mass is 776 g/mol. The van der Waals surface area contributed by atoms with Crippen molar-refractivity contribution in [2.45, 2.75) is 0 Å². The third-order valence-electron chi connectivity index (χ3n) is 12.1. The van der Waals surface area contributed by atoms with Crippen LogP contribution >= 0.6 is 0 Å². The van der Waals surface area contributed by atoms with Gasteiger partial charge in [0.1, 0.15) is 11.2 Å². The van der Waals surface area contributed by atoms with Crippen LogP contribution in [0.25, 0.3) is 122 Å². The molecule has 12 aromatic rings. The summed E-state index contributed by atoms with van der Waals surface area (Å²) >= 11 is 0. The van der Waals surface area contributed by atoms with Crippen LogP contribution in [-0.2, 0) is 0 Å². The zero-order valence-corrected chi connectivity index (χ0v) is 33.1. The minimum atomic E-state index is 0.678. The number of para-hydroxylation sites is 1. The van der Waals surface area contributed by atoms with Crippen LogP contribution in [0, 0.1) is 0 Å². The van der Waals surface area contributed by atoms with E-state index >= 15 is 0 Å². The van der Waals surface area contributed by atoms with Crippen LogP contribution in [0.5, 0.6) is 0 Å². The van der Waals surface area contributed by atoms with E-state index in [9.17, 15) is 0 Å². The molecule has 0 bridgehead atoms.